The van der Waals surface area contributed by atoms with Gasteiger partial charge in [0.2, 0.25) is 0 Å². The number of ether oxygens (including phenoxy) is 2. The fourth-order valence-corrected chi connectivity index (χ4v) is 5.13. The standard InChI is InChI=1S/C33H34N6O4/c1-33(2,3)43-32(41)39-14-13-25(19-39)35-29(40)20-42-26-8-6-7-21(16-26)30-37-28-10-5-4-9-27(28)31(38-30)36-24-12-11-22-17-34-18-23(22)15-24/h4-12,15-16,18,25H,13-14,17,19-20H2,1-3H3,(H,35,40)(H,36,37,38). The summed E-state index contributed by atoms with van der Waals surface area (Å²) in [6.45, 7) is 7.00. The summed E-state index contributed by atoms with van der Waals surface area (Å²) in [6, 6.07) is 21.3. The third kappa shape index (κ3) is 6.74. The van der Waals surface area contributed by atoms with Gasteiger partial charge in [-0.1, -0.05) is 30.3 Å². The minimum atomic E-state index is -0.561. The fourth-order valence-electron chi connectivity index (χ4n) is 5.13. The summed E-state index contributed by atoms with van der Waals surface area (Å²) < 4.78 is 11.3. The van der Waals surface area contributed by atoms with Gasteiger partial charge in [-0.25, -0.2) is 14.8 Å². The van der Waals surface area contributed by atoms with Crippen LogP contribution in [0, 0.1) is 0 Å². The molecule has 3 heterocycles. The molecule has 2 amide bonds. The van der Waals surface area contributed by atoms with Crippen molar-refractivity contribution in [3.63, 3.8) is 0 Å². The van der Waals surface area contributed by atoms with Gasteiger partial charge in [0.15, 0.2) is 12.4 Å². The number of benzene rings is 3. The van der Waals surface area contributed by atoms with Crippen molar-refractivity contribution < 1.29 is 19.1 Å². The average Bonchev–Trinajstić information content (AvgIpc) is 3.65. The molecule has 4 aromatic rings. The van der Waals surface area contributed by atoms with Gasteiger partial charge in [-0.2, -0.15) is 0 Å². The zero-order chi connectivity index (χ0) is 30.0. The molecule has 0 radical (unpaired) electrons. The maximum Gasteiger partial charge on any atom is 0.410 e. The number of likely N-dealkylation sites (tertiary alicyclic amines) is 1. The topological polar surface area (TPSA) is 118 Å². The predicted molar refractivity (Wildman–Crippen MR) is 166 cm³/mol. The van der Waals surface area contributed by atoms with E-state index in [4.69, 9.17) is 19.4 Å². The third-order valence-electron chi connectivity index (χ3n) is 7.17. The number of amides is 2. The smallest absolute Gasteiger partial charge is 0.410 e. The number of aliphatic imine (C=N–C) groups is 1. The Morgan fingerprint density at radius 2 is 1.88 bits per heavy atom. The molecule has 3 aromatic carbocycles. The van der Waals surface area contributed by atoms with E-state index < -0.39 is 5.60 Å². The second-order valence-corrected chi connectivity index (χ2v) is 11.7. The average molecular weight is 579 g/mol. The largest absolute Gasteiger partial charge is 0.484 e. The van der Waals surface area contributed by atoms with E-state index in [-0.39, 0.29) is 24.6 Å². The third-order valence-corrected chi connectivity index (χ3v) is 7.17. The van der Waals surface area contributed by atoms with Gasteiger partial charge in [0.25, 0.3) is 5.91 Å². The number of anilines is 2. The normalized spacial score (nSPS) is 15.8. The summed E-state index contributed by atoms with van der Waals surface area (Å²) in [7, 11) is 0. The van der Waals surface area contributed by atoms with Crippen molar-refractivity contribution in [1.82, 2.24) is 20.2 Å². The summed E-state index contributed by atoms with van der Waals surface area (Å²) in [5, 5.41) is 7.33. The highest BCUT2D eigenvalue weighted by Crippen LogP contribution is 2.30. The van der Waals surface area contributed by atoms with Crippen molar-refractivity contribution in [3.05, 3.63) is 77.9 Å². The second kappa shape index (κ2) is 11.7. The van der Waals surface area contributed by atoms with Crippen LogP contribution < -0.4 is 15.4 Å². The zero-order valence-electron chi connectivity index (χ0n) is 24.5. The van der Waals surface area contributed by atoms with E-state index in [0.717, 1.165) is 27.7 Å². The van der Waals surface area contributed by atoms with Crippen LogP contribution in [0.15, 0.2) is 71.7 Å². The molecule has 220 valence electrons. The van der Waals surface area contributed by atoms with Crippen molar-refractivity contribution in [2.45, 2.75) is 45.4 Å². The van der Waals surface area contributed by atoms with E-state index in [1.807, 2.05) is 75.5 Å². The molecule has 0 spiro atoms. The number of aromatic nitrogens is 2. The van der Waals surface area contributed by atoms with Crippen LogP contribution in [0.5, 0.6) is 5.75 Å². The van der Waals surface area contributed by atoms with Gasteiger partial charge in [0.1, 0.15) is 17.2 Å². The molecule has 1 unspecified atom stereocenters. The van der Waals surface area contributed by atoms with Gasteiger partial charge >= 0.3 is 6.09 Å². The van der Waals surface area contributed by atoms with Crippen molar-refractivity contribution >= 4 is 40.6 Å². The van der Waals surface area contributed by atoms with Gasteiger partial charge in [-0.3, -0.25) is 9.79 Å². The Labute approximate surface area is 250 Å². The summed E-state index contributed by atoms with van der Waals surface area (Å²) in [5.74, 6) is 1.50. The molecule has 2 N–H and O–H groups in total. The minimum absolute atomic E-state index is 0.148. The van der Waals surface area contributed by atoms with Gasteiger partial charge in [0, 0.05) is 42.0 Å². The highest BCUT2D eigenvalue weighted by atomic mass is 16.6. The summed E-state index contributed by atoms with van der Waals surface area (Å²) in [6.07, 6.45) is 2.19. The van der Waals surface area contributed by atoms with Gasteiger partial charge < -0.3 is 25.0 Å². The Morgan fingerprint density at radius 3 is 2.74 bits per heavy atom. The summed E-state index contributed by atoms with van der Waals surface area (Å²) in [5.41, 5.74) is 4.23. The highest BCUT2D eigenvalue weighted by Gasteiger charge is 2.30. The molecule has 0 aliphatic carbocycles. The van der Waals surface area contributed by atoms with Crippen LogP contribution in [0.4, 0.5) is 16.3 Å². The number of carbonyl (C=O) groups excluding carboxylic acids is 2. The lowest BCUT2D eigenvalue weighted by molar-refractivity contribution is -0.123. The SMILES string of the molecule is CC(C)(C)OC(=O)N1CCC(NC(=O)COc2cccc(-c3nc(Nc4ccc5c(c4)C=NC5)c4ccccc4n3)c2)C1. The first-order chi connectivity index (χ1) is 20.7. The highest BCUT2D eigenvalue weighted by molar-refractivity contribution is 5.93. The van der Waals surface area contributed by atoms with Crippen LogP contribution in [0.2, 0.25) is 0 Å². The first kappa shape index (κ1) is 28.1. The molecule has 0 bridgehead atoms. The van der Waals surface area contributed by atoms with Gasteiger partial charge in [-0.15, -0.1) is 0 Å². The van der Waals surface area contributed by atoms with Crippen molar-refractivity contribution in [2.75, 3.05) is 25.0 Å². The maximum atomic E-state index is 12.7. The molecule has 2 aliphatic rings. The minimum Gasteiger partial charge on any atom is -0.484 e. The Hall–Kier alpha value is -4.99. The predicted octanol–water partition coefficient (Wildman–Crippen LogP) is 5.48. The van der Waals surface area contributed by atoms with E-state index in [1.54, 1.807) is 11.0 Å². The molecule has 1 saturated heterocycles. The first-order valence-corrected chi connectivity index (χ1v) is 14.4. The molecule has 10 nitrogen and oxygen atoms in total. The Morgan fingerprint density at radius 1 is 1.02 bits per heavy atom. The van der Waals surface area contributed by atoms with Crippen LogP contribution in [-0.4, -0.2) is 64.4 Å². The first-order valence-electron chi connectivity index (χ1n) is 14.4. The number of carbonyl (C=O) groups is 2. The summed E-state index contributed by atoms with van der Waals surface area (Å²) in [4.78, 5) is 40.6. The van der Waals surface area contributed by atoms with E-state index in [2.05, 4.69) is 27.8 Å². The van der Waals surface area contributed by atoms with E-state index in [1.165, 1.54) is 5.56 Å². The quantitative estimate of drug-likeness (QED) is 0.298. The Kier molecular flexibility index (Phi) is 7.67. The lowest BCUT2D eigenvalue weighted by atomic mass is 10.1. The number of nitrogens with zero attached hydrogens (tertiary/aromatic N) is 4. The molecule has 1 fully saturated rings. The molecule has 1 atom stereocenters. The summed E-state index contributed by atoms with van der Waals surface area (Å²) >= 11 is 0. The number of hydrogen-bond acceptors (Lipinski definition) is 8. The lowest BCUT2D eigenvalue weighted by Gasteiger charge is -2.24. The molecular weight excluding hydrogens is 544 g/mol. The molecule has 10 heteroatoms. The maximum absolute atomic E-state index is 12.7. The molecule has 6 rings (SSSR count). The number of nitrogens with one attached hydrogen (secondary N) is 2. The van der Waals surface area contributed by atoms with Gasteiger partial charge in [-0.05, 0) is 74.7 Å². The number of rotatable bonds is 7. The lowest BCUT2D eigenvalue weighted by Crippen LogP contribution is -2.41. The molecular formula is C33H34N6O4. The van der Waals surface area contributed by atoms with Crippen LogP contribution in [0.25, 0.3) is 22.3 Å². The van der Waals surface area contributed by atoms with Crippen molar-refractivity contribution in [1.29, 1.82) is 0 Å². The Balaban J connectivity index is 1.12. The molecule has 2 aliphatic heterocycles. The van der Waals surface area contributed by atoms with E-state index in [9.17, 15) is 9.59 Å². The fraction of sp³-hybridized carbons (Fsp3) is 0.303. The molecule has 1 aromatic heterocycles. The zero-order valence-corrected chi connectivity index (χ0v) is 24.5. The number of para-hydroxylation sites is 1. The van der Waals surface area contributed by atoms with Crippen molar-refractivity contribution in [3.8, 4) is 17.1 Å². The number of hydrogen-bond donors (Lipinski definition) is 2. The number of fused-ring (bicyclic) bond motifs is 2. The van der Waals surface area contributed by atoms with Crippen LogP contribution in [0.3, 0.4) is 0 Å². The van der Waals surface area contributed by atoms with Gasteiger partial charge in [0.05, 0.1) is 12.1 Å². The van der Waals surface area contributed by atoms with Crippen LogP contribution >= 0.6 is 0 Å². The second-order valence-electron chi connectivity index (χ2n) is 11.7. The monoisotopic (exact) mass is 578 g/mol. The van der Waals surface area contributed by atoms with Crippen LogP contribution in [-0.2, 0) is 16.1 Å². The van der Waals surface area contributed by atoms with E-state index >= 15 is 0 Å². The van der Waals surface area contributed by atoms with Crippen LogP contribution in [0.1, 0.15) is 38.3 Å². The van der Waals surface area contributed by atoms with E-state index in [0.29, 0.717) is 43.4 Å². The van der Waals surface area contributed by atoms with Crippen molar-refractivity contribution in [2.24, 2.45) is 4.99 Å². The Bertz CT molecular complexity index is 1710. The molecule has 43 heavy (non-hydrogen) atoms. The molecule has 0 saturated carbocycles.